The number of nitrogens with zero attached hydrogens (tertiary/aromatic N) is 2. The number of thiazole rings is 1. The number of imidazole rings is 1. The summed E-state index contributed by atoms with van der Waals surface area (Å²) in [6, 6.07) is 6.83. The van der Waals surface area contributed by atoms with Crippen LogP contribution in [0.2, 0.25) is 0 Å². The molecule has 0 aliphatic rings. The fourth-order valence-corrected chi connectivity index (χ4v) is 3.70. The van der Waals surface area contributed by atoms with Gasteiger partial charge >= 0.3 is 0 Å². The molecule has 0 radical (unpaired) electrons. The van der Waals surface area contributed by atoms with Gasteiger partial charge in [-0.3, -0.25) is 4.40 Å². The number of hydrogen-bond donors (Lipinski definition) is 1. The average Bonchev–Trinajstić information content (AvgIpc) is 2.99. The van der Waals surface area contributed by atoms with E-state index in [2.05, 4.69) is 66.5 Å². The van der Waals surface area contributed by atoms with Crippen molar-refractivity contribution in [1.82, 2.24) is 14.7 Å². The quantitative estimate of drug-likeness (QED) is 0.774. The minimum atomic E-state index is 0.320. The Kier molecular flexibility index (Phi) is 4.08. The van der Waals surface area contributed by atoms with E-state index in [4.69, 9.17) is 4.98 Å². The van der Waals surface area contributed by atoms with Crippen LogP contribution < -0.4 is 5.32 Å². The summed E-state index contributed by atoms with van der Waals surface area (Å²) in [6.45, 7) is 7.50. The summed E-state index contributed by atoms with van der Waals surface area (Å²) in [6.07, 6.45) is 5.13. The SMILES string of the molecule is CCNC(Cc1cn2ccsc2n1)c1c(C)cccc1C. The summed E-state index contributed by atoms with van der Waals surface area (Å²) in [5.41, 5.74) is 5.26. The van der Waals surface area contributed by atoms with Crippen molar-refractivity contribution in [3.63, 3.8) is 0 Å². The van der Waals surface area contributed by atoms with Gasteiger partial charge in [0, 0.05) is 30.2 Å². The lowest BCUT2D eigenvalue weighted by Crippen LogP contribution is -2.24. The number of fused-ring (bicyclic) bond motifs is 1. The molecule has 1 N–H and O–H groups in total. The molecule has 21 heavy (non-hydrogen) atoms. The highest BCUT2D eigenvalue weighted by atomic mass is 32.1. The number of aromatic nitrogens is 2. The van der Waals surface area contributed by atoms with Crippen molar-refractivity contribution in [1.29, 1.82) is 0 Å². The van der Waals surface area contributed by atoms with Gasteiger partial charge in [0.15, 0.2) is 4.96 Å². The zero-order valence-electron chi connectivity index (χ0n) is 12.8. The molecule has 1 atom stereocenters. The van der Waals surface area contributed by atoms with Gasteiger partial charge in [-0.25, -0.2) is 4.98 Å². The fourth-order valence-electron chi connectivity index (χ4n) is 2.98. The Hall–Kier alpha value is -1.65. The van der Waals surface area contributed by atoms with E-state index in [1.807, 2.05) is 0 Å². The van der Waals surface area contributed by atoms with Gasteiger partial charge in [-0.1, -0.05) is 25.1 Å². The molecule has 0 bridgehead atoms. The Bertz CT molecular complexity index is 693. The maximum absolute atomic E-state index is 4.72. The monoisotopic (exact) mass is 299 g/mol. The molecule has 0 aliphatic carbocycles. The molecular formula is C17H21N3S. The molecule has 4 heteroatoms. The Labute approximate surface area is 129 Å². The summed E-state index contributed by atoms with van der Waals surface area (Å²) in [7, 11) is 0. The highest BCUT2D eigenvalue weighted by Gasteiger charge is 2.17. The van der Waals surface area contributed by atoms with Gasteiger partial charge in [-0.05, 0) is 37.1 Å². The van der Waals surface area contributed by atoms with Crippen LogP contribution in [0.15, 0.2) is 36.0 Å². The molecular weight excluding hydrogens is 278 g/mol. The summed E-state index contributed by atoms with van der Waals surface area (Å²) < 4.78 is 2.10. The third-order valence-corrected chi connectivity index (χ3v) is 4.67. The molecule has 0 fully saturated rings. The second-order valence-corrected chi connectivity index (χ2v) is 6.32. The van der Waals surface area contributed by atoms with Crippen LogP contribution in [0.25, 0.3) is 4.96 Å². The van der Waals surface area contributed by atoms with E-state index < -0.39 is 0 Å². The van der Waals surface area contributed by atoms with E-state index in [1.165, 1.54) is 16.7 Å². The first-order valence-electron chi connectivity index (χ1n) is 7.39. The smallest absolute Gasteiger partial charge is 0.193 e. The molecule has 0 spiro atoms. The Balaban J connectivity index is 1.92. The van der Waals surface area contributed by atoms with Gasteiger partial charge in [0.2, 0.25) is 0 Å². The van der Waals surface area contributed by atoms with Crippen molar-refractivity contribution in [2.75, 3.05) is 6.54 Å². The normalized spacial score (nSPS) is 12.9. The predicted molar refractivity (Wildman–Crippen MR) is 89.1 cm³/mol. The molecule has 3 aromatic rings. The number of benzene rings is 1. The van der Waals surface area contributed by atoms with Crippen LogP contribution in [-0.2, 0) is 6.42 Å². The first-order valence-corrected chi connectivity index (χ1v) is 8.27. The maximum atomic E-state index is 4.72. The molecule has 2 heterocycles. The van der Waals surface area contributed by atoms with Crippen LogP contribution in [0.5, 0.6) is 0 Å². The average molecular weight is 299 g/mol. The molecule has 0 saturated carbocycles. The fraction of sp³-hybridized carbons (Fsp3) is 0.353. The topological polar surface area (TPSA) is 29.3 Å². The molecule has 2 aromatic heterocycles. The second-order valence-electron chi connectivity index (χ2n) is 5.44. The van der Waals surface area contributed by atoms with E-state index in [1.54, 1.807) is 11.3 Å². The summed E-state index contributed by atoms with van der Waals surface area (Å²) in [5, 5.41) is 5.69. The number of aryl methyl sites for hydroxylation is 2. The molecule has 0 aliphatic heterocycles. The lowest BCUT2D eigenvalue weighted by Gasteiger charge is -2.21. The van der Waals surface area contributed by atoms with E-state index in [0.717, 1.165) is 23.6 Å². The number of likely N-dealkylation sites (N-methyl/N-ethyl adjacent to an activating group) is 1. The molecule has 110 valence electrons. The summed E-state index contributed by atoms with van der Waals surface area (Å²) in [4.78, 5) is 5.79. The largest absolute Gasteiger partial charge is 0.310 e. The van der Waals surface area contributed by atoms with Crippen molar-refractivity contribution in [2.24, 2.45) is 0 Å². The van der Waals surface area contributed by atoms with E-state index in [9.17, 15) is 0 Å². The van der Waals surface area contributed by atoms with E-state index >= 15 is 0 Å². The van der Waals surface area contributed by atoms with Crippen LogP contribution in [0.4, 0.5) is 0 Å². The lowest BCUT2D eigenvalue weighted by molar-refractivity contribution is 0.540. The van der Waals surface area contributed by atoms with Crippen molar-refractivity contribution in [2.45, 2.75) is 33.2 Å². The Morgan fingerprint density at radius 1 is 1.29 bits per heavy atom. The maximum Gasteiger partial charge on any atom is 0.193 e. The second kappa shape index (κ2) is 6.00. The van der Waals surface area contributed by atoms with Crippen LogP contribution in [0.1, 0.15) is 35.3 Å². The zero-order chi connectivity index (χ0) is 14.8. The first kappa shape index (κ1) is 14.3. The van der Waals surface area contributed by atoms with Gasteiger partial charge in [-0.2, -0.15) is 0 Å². The van der Waals surface area contributed by atoms with Gasteiger partial charge in [-0.15, -0.1) is 11.3 Å². The van der Waals surface area contributed by atoms with Crippen LogP contribution in [-0.4, -0.2) is 15.9 Å². The van der Waals surface area contributed by atoms with E-state index in [-0.39, 0.29) is 0 Å². The predicted octanol–water partition coefficient (Wildman–Crippen LogP) is 3.91. The third kappa shape index (κ3) is 2.87. The molecule has 1 aromatic carbocycles. The zero-order valence-corrected chi connectivity index (χ0v) is 13.6. The highest BCUT2D eigenvalue weighted by Crippen LogP contribution is 2.25. The van der Waals surface area contributed by atoms with Crippen molar-refractivity contribution in [3.8, 4) is 0 Å². The lowest BCUT2D eigenvalue weighted by atomic mass is 9.93. The number of nitrogens with one attached hydrogen (secondary N) is 1. The standard InChI is InChI=1S/C17H21N3S/c1-4-18-15(16-12(2)6-5-7-13(16)3)10-14-11-20-8-9-21-17(20)19-14/h5-9,11,15,18H,4,10H2,1-3H3. The molecule has 3 nitrogen and oxygen atoms in total. The molecule has 0 saturated heterocycles. The van der Waals surface area contributed by atoms with Gasteiger partial charge in [0.05, 0.1) is 5.69 Å². The highest BCUT2D eigenvalue weighted by molar-refractivity contribution is 7.15. The number of rotatable bonds is 5. The van der Waals surface area contributed by atoms with Crippen LogP contribution in [0.3, 0.4) is 0 Å². The Morgan fingerprint density at radius 2 is 2.05 bits per heavy atom. The van der Waals surface area contributed by atoms with Crippen molar-refractivity contribution >= 4 is 16.3 Å². The molecule has 0 amide bonds. The van der Waals surface area contributed by atoms with Gasteiger partial charge in [0.1, 0.15) is 0 Å². The van der Waals surface area contributed by atoms with Gasteiger partial charge < -0.3 is 5.32 Å². The third-order valence-electron chi connectivity index (χ3n) is 3.90. The van der Waals surface area contributed by atoms with Crippen LogP contribution >= 0.6 is 11.3 Å². The van der Waals surface area contributed by atoms with Gasteiger partial charge in [0.25, 0.3) is 0 Å². The minimum Gasteiger partial charge on any atom is -0.310 e. The van der Waals surface area contributed by atoms with E-state index in [0.29, 0.717) is 6.04 Å². The minimum absolute atomic E-state index is 0.320. The van der Waals surface area contributed by atoms with Crippen molar-refractivity contribution < 1.29 is 0 Å². The number of hydrogen-bond acceptors (Lipinski definition) is 3. The summed E-state index contributed by atoms with van der Waals surface area (Å²) >= 11 is 1.68. The first-order chi connectivity index (χ1) is 10.2. The summed E-state index contributed by atoms with van der Waals surface area (Å²) in [5.74, 6) is 0. The van der Waals surface area contributed by atoms with Crippen molar-refractivity contribution in [3.05, 3.63) is 58.4 Å². The molecule has 3 rings (SSSR count). The molecule has 1 unspecified atom stereocenters. The Morgan fingerprint density at radius 3 is 2.71 bits per heavy atom. The van der Waals surface area contributed by atoms with Crippen LogP contribution in [0, 0.1) is 13.8 Å².